The highest BCUT2D eigenvalue weighted by atomic mass is 19.1. The van der Waals surface area contributed by atoms with Crippen LogP contribution in [0.15, 0.2) is 18.5 Å². The van der Waals surface area contributed by atoms with E-state index in [0.717, 1.165) is 6.20 Å². The van der Waals surface area contributed by atoms with Gasteiger partial charge in [0.15, 0.2) is 5.78 Å². The molecule has 15 heavy (non-hydrogen) atoms. The van der Waals surface area contributed by atoms with Crippen LogP contribution in [0.25, 0.3) is 0 Å². The number of carbonyl (C=O) groups excluding carboxylic acids is 1. The largest absolute Gasteiger partial charge is 0.385 e. The number of hydrogen-bond acceptors (Lipinski definition) is 3. The summed E-state index contributed by atoms with van der Waals surface area (Å²) >= 11 is 0. The zero-order chi connectivity index (χ0) is 11.3. The van der Waals surface area contributed by atoms with Gasteiger partial charge in [-0.3, -0.25) is 9.78 Å². The molecule has 0 amide bonds. The van der Waals surface area contributed by atoms with E-state index in [4.69, 9.17) is 4.74 Å². The van der Waals surface area contributed by atoms with Crippen LogP contribution in [0.5, 0.6) is 0 Å². The maximum Gasteiger partial charge on any atom is 0.167 e. The first-order valence-electron chi connectivity index (χ1n) is 4.79. The molecule has 1 unspecified atom stereocenters. The minimum atomic E-state index is -0.486. The number of nitrogens with zero attached hydrogens (tertiary/aromatic N) is 1. The van der Waals surface area contributed by atoms with Crippen molar-refractivity contribution in [2.45, 2.75) is 13.3 Å². The number of hydrogen-bond donors (Lipinski definition) is 0. The molecule has 82 valence electrons. The number of Topliss-reactive ketones (excluding diaryl/α,β-unsaturated/α-hetero) is 1. The first-order valence-corrected chi connectivity index (χ1v) is 4.79. The van der Waals surface area contributed by atoms with Crippen LogP contribution in [0.1, 0.15) is 23.7 Å². The average molecular weight is 211 g/mol. The maximum absolute atomic E-state index is 12.8. The number of pyridine rings is 1. The Morgan fingerprint density at radius 2 is 2.33 bits per heavy atom. The molecule has 1 aromatic heterocycles. The highest BCUT2D eigenvalue weighted by Crippen LogP contribution is 2.12. The summed E-state index contributed by atoms with van der Waals surface area (Å²) in [5, 5.41) is 0. The SMILES string of the molecule is COCCC(C)C(=O)c1cncc(F)c1. The monoisotopic (exact) mass is 211 g/mol. The van der Waals surface area contributed by atoms with Gasteiger partial charge >= 0.3 is 0 Å². The second kappa shape index (κ2) is 5.56. The van der Waals surface area contributed by atoms with Gasteiger partial charge in [-0.25, -0.2) is 4.39 Å². The van der Waals surface area contributed by atoms with E-state index in [1.165, 1.54) is 12.3 Å². The molecule has 1 aromatic rings. The molecule has 1 rings (SSSR count). The topological polar surface area (TPSA) is 39.2 Å². The molecule has 0 spiro atoms. The Labute approximate surface area is 88.3 Å². The third kappa shape index (κ3) is 3.40. The van der Waals surface area contributed by atoms with Crippen molar-refractivity contribution in [1.29, 1.82) is 0 Å². The quantitative estimate of drug-likeness (QED) is 0.700. The van der Waals surface area contributed by atoms with Crippen molar-refractivity contribution in [3.63, 3.8) is 0 Å². The van der Waals surface area contributed by atoms with Gasteiger partial charge in [-0.2, -0.15) is 0 Å². The van der Waals surface area contributed by atoms with E-state index in [9.17, 15) is 9.18 Å². The second-order valence-electron chi connectivity index (χ2n) is 3.44. The lowest BCUT2D eigenvalue weighted by molar-refractivity contribution is 0.0893. The summed E-state index contributed by atoms with van der Waals surface area (Å²) in [5.74, 6) is -0.757. The number of carbonyl (C=O) groups is 1. The van der Waals surface area contributed by atoms with Gasteiger partial charge in [0.2, 0.25) is 0 Å². The molecule has 0 N–H and O–H groups in total. The Bertz CT molecular complexity index is 341. The third-order valence-electron chi connectivity index (χ3n) is 2.19. The summed E-state index contributed by atoms with van der Waals surface area (Å²) in [4.78, 5) is 15.4. The van der Waals surface area contributed by atoms with Crippen LogP contribution < -0.4 is 0 Å². The van der Waals surface area contributed by atoms with E-state index in [1.807, 2.05) is 0 Å². The van der Waals surface area contributed by atoms with Crippen molar-refractivity contribution in [3.8, 4) is 0 Å². The van der Waals surface area contributed by atoms with E-state index in [2.05, 4.69) is 4.98 Å². The summed E-state index contributed by atoms with van der Waals surface area (Å²) in [6, 6.07) is 1.21. The molecule has 0 saturated heterocycles. The Morgan fingerprint density at radius 3 is 2.93 bits per heavy atom. The molecular weight excluding hydrogens is 197 g/mol. The van der Waals surface area contributed by atoms with Crippen LogP contribution >= 0.6 is 0 Å². The number of aromatic nitrogens is 1. The van der Waals surface area contributed by atoms with Crippen molar-refractivity contribution in [3.05, 3.63) is 29.8 Å². The van der Waals surface area contributed by atoms with Gasteiger partial charge in [0.25, 0.3) is 0 Å². The minimum Gasteiger partial charge on any atom is -0.385 e. The molecule has 1 heterocycles. The minimum absolute atomic E-state index is 0.0981. The normalized spacial score (nSPS) is 12.5. The highest BCUT2D eigenvalue weighted by Gasteiger charge is 2.15. The van der Waals surface area contributed by atoms with Gasteiger partial charge in [0.05, 0.1) is 6.20 Å². The number of halogens is 1. The third-order valence-corrected chi connectivity index (χ3v) is 2.19. The van der Waals surface area contributed by atoms with Gasteiger partial charge in [0, 0.05) is 31.4 Å². The van der Waals surface area contributed by atoms with Crippen molar-refractivity contribution in [2.75, 3.05) is 13.7 Å². The summed E-state index contributed by atoms with van der Waals surface area (Å²) < 4.78 is 17.7. The van der Waals surface area contributed by atoms with E-state index in [1.54, 1.807) is 14.0 Å². The van der Waals surface area contributed by atoms with Gasteiger partial charge in [0.1, 0.15) is 5.82 Å². The molecule has 1 atom stereocenters. The molecule has 0 aliphatic rings. The molecule has 0 radical (unpaired) electrons. The molecule has 0 aliphatic heterocycles. The molecule has 0 fully saturated rings. The molecule has 4 heteroatoms. The van der Waals surface area contributed by atoms with Crippen LogP contribution in [0.3, 0.4) is 0 Å². The lowest BCUT2D eigenvalue weighted by Crippen LogP contribution is -2.13. The fourth-order valence-electron chi connectivity index (χ4n) is 1.26. The molecule has 0 aromatic carbocycles. The van der Waals surface area contributed by atoms with Crippen molar-refractivity contribution < 1.29 is 13.9 Å². The van der Waals surface area contributed by atoms with Crippen LogP contribution in [0, 0.1) is 11.7 Å². The molecular formula is C11H14FNO2. The van der Waals surface area contributed by atoms with E-state index >= 15 is 0 Å². The lowest BCUT2D eigenvalue weighted by atomic mass is 9.98. The number of methoxy groups -OCH3 is 1. The summed E-state index contributed by atoms with van der Waals surface area (Å²) in [6.45, 7) is 2.32. The van der Waals surface area contributed by atoms with Crippen molar-refractivity contribution in [1.82, 2.24) is 4.98 Å². The first-order chi connectivity index (χ1) is 7.15. The summed E-state index contributed by atoms with van der Waals surface area (Å²) in [5.41, 5.74) is 0.318. The standard InChI is InChI=1S/C11H14FNO2/c1-8(3-4-15-2)11(14)9-5-10(12)7-13-6-9/h5-8H,3-4H2,1-2H3. The predicted molar refractivity (Wildman–Crippen MR) is 54.2 cm³/mol. The predicted octanol–water partition coefficient (Wildman–Crippen LogP) is 2.08. The molecule has 3 nitrogen and oxygen atoms in total. The Kier molecular flexibility index (Phi) is 4.37. The second-order valence-corrected chi connectivity index (χ2v) is 3.44. The lowest BCUT2D eigenvalue weighted by Gasteiger charge is -2.09. The fraction of sp³-hybridized carbons (Fsp3) is 0.455. The van der Waals surface area contributed by atoms with E-state index in [-0.39, 0.29) is 11.7 Å². The smallest absolute Gasteiger partial charge is 0.167 e. The van der Waals surface area contributed by atoms with Gasteiger partial charge in [-0.05, 0) is 12.5 Å². The van der Waals surface area contributed by atoms with Crippen molar-refractivity contribution in [2.24, 2.45) is 5.92 Å². The first kappa shape index (κ1) is 11.8. The fourth-order valence-corrected chi connectivity index (χ4v) is 1.26. The van der Waals surface area contributed by atoms with Crippen LogP contribution in [0.4, 0.5) is 4.39 Å². The number of ketones is 1. The highest BCUT2D eigenvalue weighted by molar-refractivity contribution is 5.97. The Hall–Kier alpha value is -1.29. The Morgan fingerprint density at radius 1 is 1.60 bits per heavy atom. The zero-order valence-electron chi connectivity index (χ0n) is 8.87. The molecule has 0 saturated carbocycles. The van der Waals surface area contributed by atoms with Crippen LogP contribution in [-0.4, -0.2) is 24.5 Å². The van der Waals surface area contributed by atoms with Gasteiger partial charge in [-0.15, -0.1) is 0 Å². The summed E-state index contributed by atoms with van der Waals surface area (Å²) in [6.07, 6.45) is 3.09. The van der Waals surface area contributed by atoms with E-state index < -0.39 is 5.82 Å². The van der Waals surface area contributed by atoms with E-state index in [0.29, 0.717) is 18.6 Å². The van der Waals surface area contributed by atoms with Crippen LogP contribution in [0.2, 0.25) is 0 Å². The maximum atomic E-state index is 12.8. The molecule has 0 aliphatic carbocycles. The van der Waals surface area contributed by atoms with Crippen LogP contribution in [-0.2, 0) is 4.74 Å². The molecule has 0 bridgehead atoms. The van der Waals surface area contributed by atoms with Gasteiger partial charge < -0.3 is 4.74 Å². The number of ether oxygens (including phenoxy) is 1. The Balaban J connectivity index is 2.67. The zero-order valence-corrected chi connectivity index (χ0v) is 8.87. The van der Waals surface area contributed by atoms with Gasteiger partial charge in [-0.1, -0.05) is 6.92 Å². The summed E-state index contributed by atoms with van der Waals surface area (Å²) in [7, 11) is 1.58. The average Bonchev–Trinajstić information content (AvgIpc) is 2.24. The number of rotatable bonds is 5. The van der Waals surface area contributed by atoms with Crippen molar-refractivity contribution >= 4 is 5.78 Å².